The van der Waals surface area contributed by atoms with Crippen molar-refractivity contribution in [3.05, 3.63) is 179 Å². The van der Waals surface area contributed by atoms with Crippen molar-refractivity contribution in [2.24, 2.45) is 0 Å². The Hall–Kier alpha value is -7.03. The zero-order valence-electron chi connectivity index (χ0n) is 30.5. The first kappa shape index (κ1) is 39.2. The second-order valence-corrected chi connectivity index (χ2v) is 13.6. The first-order valence-corrected chi connectivity index (χ1v) is 17.5. The average Bonchev–Trinajstić information content (AvgIpc) is 3.90. The maximum atomic E-state index is 14.0. The summed E-state index contributed by atoms with van der Waals surface area (Å²) in [4.78, 5) is 12.4. The first-order chi connectivity index (χ1) is 27.5. The molecule has 0 aliphatic heterocycles. The van der Waals surface area contributed by atoms with E-state index in [0.29, 0.717) is 28.5 Å². The number of phenolic OH excluding ortho intramolecular Hbond substituents is 2. The molecular formula is C43H32F6N4O5. The highest BCUT2D eigenvalue weighted by Gasteiger charge is 2.39. The second-order valence-electron chi connectivity index (χ2n) is 13.6. The van der Waals surface area contributed by atoms with Gasteiger partial charge in [-0.1, -0.05) is 48.5 Å². The van der Waals surface area contributed by atoms with Crippen molar-refractivity contribution in [2.75, 3.05) is 0 Å². The van der Waals surface area contributed by atoms with Crippen molar-refractivity contribution in [3.8, 4) is 34.4 Å². The molecule has 2 atom stereocenters. The van der Waals surface area contributed by atoms with Gasteiger partial charge in [0, 0.05) is 46.3 Å². The number of benzene rings is 5. The topological polar surface area (TPSA) is 112 Å². The number of phenols is 2. The predicted octanol–water partition coefficient (Wildman–Crippen LogP) is 10.0. The summed E-state index contributed by atoms with van der Waals surface area (Å²) in [6, 6.07) is 26.1. The third-order valence-corrected chi connectivity index (χ3v) is 9.70. The van der Waals surface area contributed by atoms with Crippen LogP contribution in [0.15, 0.2) is 140 Å². The molecule has 7 aromatic rings. The molecule has 0 bridgehead atoms. The molecule has 58 heavy (non-hydrogen) atoms. The number of aldehydes is 1. The van der Waals surface area contributed by atoms with E-state index in [1.807, 2.05) is 0 Å². The van der Waals surface area contributed by atoms with E-state index in [0.717, 1.165) is 21.5 Å². The minimum atomic E-state index is -4.67. The summed E-state index contributed by atoms with van der Waals surface area (Å²) in [6.45, 7) is 3.27. The predicted molar refractivity (Wildman–Crippen MR) is 199 cm³/mol. The molecule has 0 spiro atoms. The normalized spacial score (nSPS) is 14.0. The Morgan fingerprint density at radius 2 is 0.931 bits per heavy atom. The number of aromatic nitrogens is 4. The van der Waals surface area contributed by atoms with Crippen LogP contribution in [0.4, 0.5) is 26.3 Å². The molecule has 0 aliphatic carbocycles. The Morgan fingerprint density at radius 3 is 1.29 bits per heavy atom. The highest BCUT2D eigenvalue weighted by Crippen LogP contribution is 2.42. The van der Waals surface area contributed by atoms with Gasteiger partial charge in [0.05, 0.1) is 34.9 Å². The largest absolute Gasteiger partial charge is 0.508 e. The lowest BCUT2D eigenvalue weighted by molar-refractivity contribution is -0.138. The van der Waals surface area contributed by atoms with E-state index in [9.17, 15) is 41.4 Å². The fraction of sp³-hybridized carbons (Fsp3) is 0.140. The summed E-state index contributed by atoms with van der Waals surface area (Å²) in [5, 5.41) is 28.7. The van der Waals surface area contributed by atoms with Crippen LogP contribution in [-0.2, 0) is 23.6 Å². The van der Waals surface area contributed by atoms with Crippen LogP contribution in [0.3, 0.4) is 0 Å². The molecule has 15 heteroatoms. The molecule has 7 rings (SSSR count). The van der Waals surface area contributed by atoms with Gasteiger partial charge in [-0.3, -0.25) is 4.79 Å². The fourth-order valence-corrected chi connectivity index (χ4v) is 6.61. The summed E-state index contributed by atoms with van der Waals surface area (Å²) < 4.78 is 99.3. The summed E-state index contributed by atoms with van der Waals surface area (Å²) in [5.41, 5.74) is -3.70. The second kappa shape index (κ2) is 14.8. The van der Waals surface area contributed by atoms with Gasteiger partial charge in [0.15, 0.2) is 11.2 Å². The number of para-hydroxylation sites is 2. The quantitative estimate of drug-likeness (QED) is 0.0990. The molecule has 5 aromatic carbocycles. The third-order valence-electron chi connectivity index (χ3n) is 9.70. The Morgan fingerprint density at radius 1 is 0.552 bits per heavy atom. The zero-order chi connectivity index (χ0) is 41.5. The van der Waals surface area contributed by atoms with E-state index in [4.69, 9.17) is 9.47 Å². The van der Waals surface area contributed by atoms with Crippen LogP contribution in [0.1, 0.15) is 57.6 Å². The van der Waals surface area contributed by atoms with Crippen LogP contribution in [0.5, 0.6) is 23.0 Å². The van der Waals surface area contributed by atoms with Crippen LogP contribution in [0.25, 0.3) is 11.4 Å². The number of hydrogen-bond donors (Lipinski definition) is 2. The summed E-state index contributed by atoms with van der Waals surface area (Å²) in [6.07, 6.45) is -3.34. The van der Waals surface area contributed by atoms with E-state index < -0.39 is 34.7 Å². The van der Waals surface area contributed by atoms with Gasteiger partial charge >= 0.3 is 12.4 Å². The van der Waals surface area contributed by atoms with Gasteiger partial charge in [-0.05, 0) is 74.5 Å². The lowest BCUT2D eigenvalue weighted by atomic mass is 9.89. The molecule has 0 aliphatic rings. The minimum Gasteiger partial charge on any atom is -0.508 e. The van der Waals surface area contributed by atoms with Gasteiger partial charge in [0.25, 0.3) is 0 Å². The molecule has 0 radical (unpaired) electrons. The van der Waals surface area contributed by atoms with Crippen molar-refractivity contribution in [1.29, 1.82) is 0 Å². The number of carbonyl (C=O) groups is 1. The summed E-state index contributed by atoms with van der Waals surface area (Å²) in [5.74, 6) is 0.0273. The molecular weight excluding hydrogens is 766 g/mol. The maximum Gasteiger partial charge on any atom is 0.418 e. The van der Waals surface area contributed by atoms with Crippen LogP contribution < -0.4 is 9.47 Å². The number of aromatic hydroxyl groups is 2. The molecule has 0 fully saturated rings. The van der Waals surface area contributed by atoms with Gasteiger partial charge in [0.2, 0.25) is 0 Å². The molecule has 296 valence electrons. The van der Waals surface area contributed by atoms with Crippen molar-refractivity contribution in [2.45, 2.75) is 37.4 Å². The third kappa shape index (κ3) is 7.70. The van der Waals surface area contributed by atoms with Crippen LogP contribution >= 0.6 is 0 Å². The van der Waals surface area contributed by atoms with Gasteiger partial charge in [-0.2, -0.15) is 36.5 Å². The number of rotatable bonds is 11. The van der Waals surface area contributed by atoms with E-state index in [1.54, 1.807) is 38.1 Å². The number of halogens is 6. The van der Waals surface area contributed by atoms with Crippen LogP contribution in [0, 0.1) is 0 Å². The highest BCUT2D eigenvalue weighted by molar-refractivity contribution is 5.76. The Bertz CT molecular complexity index is 2410. The zero-order valence-corrected chi connectivity index (χ0v) is 30.5. The van der Waals surface area contributed by atoms with Crippen LogP contribution in [0.2, 0.25) is 0 Å². The van der Waals surface area contributed by atoms with E-state index >= 15 is 0 Å². The standard InChI is InChI=1S/C43H32F6N4O5/c1-40(28-11-15-32(55)16-12-28,30-22-50-52(24-30)38-9-5-3-7-36(38)42(44,45)46)57-34-19-27(26-54)20-35(21-34)58-41(2,29-13-17-33(56)18-14-29)31-23-51-53(25-31)39-10-6-4-8-37(39)43(47,48)49/h3-26,55-56H,1-2H3. The average molecular weight is 799 g/mol. The molecule has 2 N–H and O–H groups in total. The lowest BCUT2D eigenvalue weighted by Crippen LogP contribution is -2.31. The SMILES string of the molecule is CC(Oc1cc(C=O)cc(OC(C)(c2ccc(O)cc2)c2cnn(-c3ccccc3C(F)(F)F)c2)c1)(c1ccc(O)cc1)c1cnn(-c2ccccc2C(F)(F)F)c1. The van der Waals surface area contributed by atoms with Crippen molar-refractivity contribution in [3.63, 3.8) is 0 Å². The molecule has 0 amide bonds. The van der Waals surface area contributed by atoms with Crippen LogP contribution in [-0.4, -0.2) is 36.1 Å². The van der Waals surface area contributed by atoms with Gasteiger partial charge in [-0.25, -0.2) is 9.36 Å². The number of nitrogens with zero attached hydrogens (tertiary/aromatic N) is 4. The Labute approximate surface area is 327 Å². The first-order valence-electron chi connectivity index (χ1n) is 17.5. The van der Waals surface area contributed by atoms with Crippen molar-refractivity contribution >= 4 is 6.29 Å². The summed E-state index contributed by atoms with van der Waals surface area (Å²) in [7, 11) is 0. The Kier molecular flexibility index (Phi) is 10.0. The van der Waals surface area contributed by atoms with Gasteiger partial charge in [0.1, 0.15) is 29.3 Å². The van der Waals surface area contributed by atoms with Gasteiger partial charge < -0.3 is 19.7 Å². The molecule has 0 saturated carbocycles. The monoisotopic (exact) mass is 798 g/mol. The molecule has 2 heterocycles. The lowest BCUT2D eigenvalue weighted by Gasteiger charge is -2.33. The molecule has 9 nitrogen and oxygen atoms in total. The van der Waals surface area contributed by atoms with E-state index in [2.05, 4.69) is 10.2 Å². The highest BCUT2D eigenvalue weighted by atomic mass is 19.4. The minimum absolute atomic E-state index is 0.0572. The number of hydrogen-bond acceptors (Lipinski definition) is 7. The fourth-order valence-electron chi connectivity index (χ4n) is 6.61. The number of ether oxygens (including phenoxy) is 2. The smallest absolute Gasteiger partial charge is 0.418 e. The molecule has 2 aromatic heterocycles. The van der Waals surface area contributed by atoms with Gasteiger partial charge in [-0.15, -0.1) is 0 Å². The Balaban J connectivity index is 1.31. The number of carbonyl (C=O) groups excluding carboxylic acids is 1. The number of alkyl halides is 6. The summed E-state index contributed by atoms with van der Waals surface area (Å²) >= 11 is 0. The van der Waals surface area contributed by atoms with Crippen molar-refractivity contribution < 1.29 is 50.8 Å². The van der Waals surface area contributed by atoms with E-state index in [-0.39, 0.29) is 39.9 Å². The van der Waals surface area contributed by atoms with E-state index in [1.165, 1.54) is 104 Å². The molecule has 0 saturated heterocycles. The maximum absolute atomic E-state index is 14.0. The van der Waals surface area contributed by atoms with Crippen molar-refractivity contribution in [1.82, 2.24) is 19.6 Å². The molecule has 2 unspecified atom stereocenters.